The van der Waals surface area contributed by atoms with Gasteiger partial charge in [-0.25, -0.2) is 4.79 Å². The molecule has 0 radical (unpaired) electrons. The molecule has 0 unspecified atom stereocenters. The summed E-state index contributed by atoms with van der Waals surface area (Å²) in [6.45, 7) is 0.867. The summed E-state index contributed by atoms with van der Waals surface area (Å²) in [5.41, 5.74) is 1.11. The number of nitrogens with zero attached hydrogens (tertiary/aromatic N) is 1. The van der Waals surface area contributed by atoms with Gasteiger partial charge < -0.3 is 15.3 Å². The molecule has 2 N–H and O–H groups in total. The highest BCUT2D eigenvalue weighted by Gasteiger charge is 2.27. The maximum atomic E-state index is 11.7. The first-order valence-electron chi connectivity index (χ1n) is 6.06. The van der Waals surface area contributed by atoms with Gasteiger partial charge >= 0.3 is 12.0 Å². The molecule has 1 aromatic rings. The summed E-state index contributed by atoms with van der Waals surface area (Å²) in [4.78, 5) is 23.7. The van der Waals surface area contributed by atoms with Crippen LogP contribution in [0.15, 0.2) is 24.3 Å². The number of carboxylic acid groups (broad SMARTS) is 1. The van der Waals surface area contributed by atoms with Crippen LogP contribution in [0.1, 0.15) is 17.9 Å². The van der Waals surface area contributed by atoms with Crippen molar-refractivity contribution >= 4 is 23.6 Å². The topological polar surface area (TPSA) is 69.6 Å². The summed E-state index contributed by atoms with van der Waals surface area (Å²) >= 11 is 5.95. The van der Waals surface area contributed by atoms with E-state index in [0.29, 0.717) is 18.1 Å². The number of rotatable bonds is 3. The second-order valence-corrected chi connectivity index (χ2v) is 4.98. The monoisotopic (exact) mass is 282 g/mol. The van der Waals surface area contributed by atoms with Crippen molar-refractivity contribution in [2.75, 3.05) is 19.6 Å². The van der Waals surface area contributed by atoms with Crippen LogP contribution < -0.4 is 5.32 Å². The fraction of sp³-hybridized carbons (Fsp3) is 0.385. The third-order valence-electron chi connectivity index (χ3n) is 3.19. The van der Waals surface area contributed by atoms with Crippen LogP contribution in [-0.2, 0) is 4.79 Å². The number of urea groups is 1. The highest BCUT2D eigenvalue weighted by Crippen LogP contribution is 2.28. The smallest absolute Gasteiger partial charge is 0.323 e. The second kappa shape index (κ2) is 5.93. The van der Waals surface area contributed by atoms with Gasteiger partial charge in [-0.15, -0.1) is 0 Å². The maximum Gasteiger partial charge on any atom is 0.323 e. The lowest BCUT2D eigenvalue weighted by Gasteiger charge is -2.16. The molecule has 1 aromatic carbocycles. The molecule has 2 rings (SSSR count). The highest BCUT2D eigenvalue weighted by molar-refractivity contribution is 6.30. The molecule has 2 amide bonds. The number of carbonyl (C=O) groups is 2. The molecule has 1 atom stereocenters. The van der Waals surface area contributed by atoms with Crippen LogP contribution in [0.5, 0.6) is 0 Å². The molecule has 1 aliphatic rings. The summed E-state index contributed by atoms with van der Waals surface area (Å²) in [6.07, 6.45) is 0.862. The van der Waals surface area contributed by atoms with Crippen LogP contribution in [0, 0.1) is 0 Å². The van der Waals surface area contributed by atoms with Crippen LogP contribution in [0.4, 0.5) is 4.79 Å². The molecule has 6 heteroatoms. The number of halogens is 1. The first-order valence-corrected chi connectivity index (χ1v) is 6.44. The van der Waals surface area contributed by atoms with Gasteiger partial charge in [0, 0.05) is 24.0 Å². The van der Waals surface area contributed by atoms with E-state index >= 15 is 0 Å². The minimum Gasteiger partial charge on any atom is -0.480 e. The molecule has 1 saturated heterocycles. The predicted octanol–water partition coefficient (Wildman–Crippen LogP) is 1.92. The Kier molecular flexibility index (Phi) is 4.27. The molecule has 0 saturated carbocycles. The Morgan fingerprint density at radius 1 is 1.47 bits per heavy atom. The summed E-state index contributed by atoms with van der Waals surface area (Å²) in [7, 11) is 0. The molecular formula is C13H15ClN2O3. The van der Waals surface area contributed by atoms with Crippen LogP contribution in [0.3, 0.4) is 0 Å². The van der Waals surface area contributed by atoms with Gasteiger partial charge in [0.2, 0.25) is 0 Å². The Labute approximate surface area is 116 Å². The molecular weight excluding hydrogens is 268 g/mol. The molecule has 0 bridgehead atoms. The van der Waals surface area contributed by atoms with Crippen LogP contribution in [0.2, 0.25) is 5.02 Å². The largest absolute Gasteiger partial charge is 0.480 e. The zero-order chi connectivity index (χ0) is 13.8. The number of likely N-dealkylation sites (tertiary alicyclic amines) is 1. The van der Waals surface area contributed by atoms with E-state index in [2.05, 4.69) is 5.32 Å². The number of benzene rings is 1. The zero-order valence-electron chi connectivity index (χ0n) is 10.3. The van der Waals surface area contributed by atoms with Crippen LogP contribution >= 0.6 is 11.6 Å². The first-order chi connectivity index (χ1) is 9.06. The fourth-order valence-corrected chi connectivity index (χ4v) is 2.44. The van der Waals surface area contributed by atoms with E-state index in [1.165, 1.54) is 0 Å². The molecule has 1 heterocycles. The third kappa shape index (κ3) is 3.61. The molecule has 0 aliphatic carbocycles. The molecule has 0 spiro atoms. The summed E-state index contributed by atoms with van der Waals surface area (Å²) in [5.74, 6) is -0.784. The lowest BCUT2D eigenvalue weighted by molar-refractivity contribution is -0.135. The Balaban J connectivity index is 1.92. The third-order valence-corrected chi connectivity index (χ3v) is 3.42. The van der Waals surface area contributed by atoms with Crippen molar-refractivity contribution in [3.8, 4) is 0 Å². The number of nitrogens with one attached hydrogen (secondary N) is 1. The first kappa shape index (κ1) is 13.7. The van der Waals surface area contributed by atoms with E-state index in [4.69, 9.17) is 16.7 Å². The van der Waals surface area contributed by atoms with Gasteiger partial charge in [-0.1, -0.05) is 23.7 Å². The van der Waals surface area contributed by atoms with E-state index < -0.39 is 5.97 Å². The quantitative estimate of drug-likeness (QED) is 0.890. The van der Waals surface area contributed by atoms with Gasteiger partial charge in [0.25, 0.3) is 0 Å². The normalized spacial score (nSPS) is 18.4. The number of amides is 2. The van der Waals surface area contributed by atoms with Crippen molar-refractivity contribution in [3.63, 3.8) is 0 Å². The standard InChI is InChI=1S/C13H15ClN2O3/c14-11-3-1-2-9(6-11)10-4-5-16(8-10)13(19)15-7-12(17)18/h1-3,6,10H,4-5,7-8H2,(H,15,19)(H,17,18)/t10-/m1/s1. The van der Waals surface area contributed by atoms with Crippen molar-refractivity contribution in [1.29, 1.82) is 0 Å². The average Bonchev–Trinajstić information content (AvgIpc) is 2.85. The van der Waals surface area contributed by atoms with Gasteiger partial charge in [-0.2, -0.15) is 0 Å². The van der Waals surface area contributed by atoms with E-state index in [0.717, 1.165) is 12.0 Å². The Morgan fingerprint density at radius 2 is 2.26 bits per heavy atom. The van der Waals surface area contributed by atoms with E-state index in [-0.39, 0.29) is 18.5 Å². The summed E-state index contributed by atoms with van der Waals surface area (Å²) in [5, 5.41) is 11.6. The van der Waals surface area contributed by atoms with Crippen molar-refractivity contribution in [1.82, 2.24) is 10.2 Å². The maximum absolute atomic E-state index is 11.7. The van der Waals surface area contributed by atoms with Crippen molar-refractivity contribution < 1.29 is 14.7 Å². The minimum atomic E-state index is -1.04. The van der Waals surface area contributed by atoms with E-state index in [1.807, 2.05) is 24.3 Å². The second-order valence-electron chi connectivity index (χ2n) is 4.54. The molecule has 102 valence electrons. The predicted molar refractivity (Wildman–Crippen MR) is 71.4 cm³/mol. The van der Waals surface area contributed by atoms with Gasteiger partial charge in [0.15, 0.2) is 0 Å². The van der Waals surface area contributed by atoms with Crippen molar-refractivity contribution in [2.45, 2.75) is 12.3 Å². The Hall–Kier alpha value is -1.75. The lowest BCUT2D eigenvalue weighted by Crippen LogP contribution is -2.40. The van der Waals surface area contributed by atoms with Gasteiger partial charge in [-0.05, 0) is 24.1 Å². The molecule has 0 aromatic heterocycles. The average molecular weight is 283 g/mol. The SMILES string of the molecule is O=C(O)CNC(=O)N1CC[C@@H](c2cccc(Cl)c2)C1. The summed E-state index contributed by atoms with van der Waals surface area (Å²) in [6, 6.07) is 7.29. The van der Waals surface area contributed by atoms with E-state index in [9.17, 15) is 9.59 Å². The minimum absolute atomic E-state index is 0.259. The number of carboxylic acids is 1. The van der Waals surface area contributed by atoms with Gasteiger partial charge in [0.1, 0.15) is 6.54 Å². The van der Waals surface area contributed by atoms with Crippen molar-refractivity contribution in [3.05, 3.63) is 34.9 Å². The van der Waals surface area contributed by atoms with Crippen LogP contribution in [0.25, 0.3) is 0 Å². The van der Waals surface area contributed by atoms with Gasteiger partial charge in [-0.3, -0.25) is 4.79 Å². The number of hydrogen-bond acceptors (Lipinski definition) is 2. The number of aliphatic carboxylic acids is 1. The Morgan fingerprint density at radius 3 is 2.95 bits per heavy atom. The molecule has 19 heavy (non-hydrogen) atoms. The van der Waals surface area contributed by atoms with Crippen LogP contribution in [-0.4, -0.2) is 41.6 Å². The number of carbonyl (C=O) groups excluding carboxylic acids is 1. The highest BCUT2D eigenvalue weighted by atomic mass is 35.5. The number of hydrogen-bond donors (Lipinski definition) is 2. The van der Waals surface area contributed by atoms with Gasteiger partial charge in [0.05, 0.1) is 0 Å². The molecule has 1 fully saturated rings. The molecule has 5 nitrogen and oxygen atoms in total. The zero-order valence-corrected chi connectivity index (χ0v) is 11.1. The molecule has 1 aliphatic heterocycles. The Bertz CT molecular complexity index is 493. The fourth-order valence-electron chi connectivity index (χ4n) is 2.24. The van der Waals surface area contributed by atoms with E-state index in [1.54, 1.807) is 4.90 Å². The lowest BCUT2D eigenvalue weighted by atomic mass is 9.99. The van der Waals surface area contributed by atoms with Crippen molar-refractivity contribution in [2.24, 2.45) is 0 Å². The summed E-state index contributed by atoms with van der Waals surface area (Å²) < 4.78 is 0.